The smallest absolute Gasteiger partial charge is 0.407 e. The minimum Gasteiger partial charge on any atom is -0.480 e. The Kier molecular flexibility index (Phi) is 11.9. The lowest BCUT2D eigenvalue weighted by molar-refractivity contribution is -0.141. The van der Waals surface area contributed by atoms with Crippen molar-refractivity contribution in [3.05, 3.63) is 95.6 Å². The number of aliphatic carboxylic acids is 1. The Bertz CT molecular complexity index is 1630. The van der Waals surface area contributed by atoms with Gasteiger partial charge in [-0.25, -0.2) is 18.0 Å². The first-order chi connectivity index (χ1) is 20.9. The van der Waals surface area contributed by atoms with Crippen molar-refractivity contribution in [1.82, 2.24) is 10.0 Å². The van der Waals surface area contributed by atoms with Crippen LogP contribution in [0.2, 0.25) is 0 Å². The van der Waals surface area contributed by atoms with Crippen molar-refractivity contribution in [2.75, 3.05) is 11.9 Å². The fourth-order valence-corrected chi connectivity index (χ4v) is 4.95. The Morgan fingerprint density at radius 1 is 0.955 bits per heavy atom. The average molecular weight is 626 g/mol. The third-order valence-corrected chi connectivity index (χ3v) is 7.26. The van der Waals surface area contributed by atoms with Crippen molar-refractivity contribution in [3.63, 3.8) is 0 Å². The number of amidine groups is 1. The number of nitrogens with zero attached hydrogens (tertiary/aromatic N) is 1. The molecule has 0 heterocycles. The normalized spacial score (nSPS) is 12.1. The minimum atomic E-state index is -4.35. The highest BCUT2D eigenvalue weighted by Gasteiger charge is 2.26. The van der Waals surface area contributed by atoms with Gasteiger partial charge in [0, 0.05) is 31.1 Å². The molecule has 1 atom stereocenters. The van der Waals surface area contributed by atoms with Gasteiger partial charge in [-0.05, 0) is 41.8 Å². The van der Waals surface area contributed by atoms with Gasteiger partial charge in [0.05, 0.1) is 4.90 Å². The molecular formula is C29H31N5O9S. The van der Waals surface area contributed by atoms with Gasteiger partial charge >= 0.3 is 18.0 Å². The predicted octanol–water partition coefficient (Wildman–Crippen LogP) is 2.10. The number of hydrogen-bond acceptors (Lipinski definition) is 9. The van der Waals surface area contributed by atoms with Crippen LogP contribution in [0.25, 0.3) is 0 Å². The molecule has 14 nitrogen and oxygen atoms in total. The van der Waals surface area contributed by atoms with Crippen molar-refractivity contribution >= 4 is 45.5 Å². The van der Waals surface area contributed by atoms with Gasteiger partial charge in [-0.3, -0.25) is 9.59 Å². The van der Waals surface area contributed by atoms with Crippen molar-refractivity contribution in [2.45, 2.75) is 37.3 Å². The van der Waals surface area contributed by atoms with Crippen molar-refractivity contribution in [2.24, 2.45) is 10.9 Å². The van der Waals surface area contributed by atoms with Gasteiger partial charge in [0.25, 0.3) is 0 Å². The molecule has 2 amide bonds. The van der Waals surface area contributed by atoms with Crippen LogP contribution in [-0.2, 0) is 47.0 Å². The Morgan fingerprint density at radius 2 is 1.66 bits per heavy atom. The summed E-state index contributed by atoms with van der Waals surface area (Å²) in [5.41, 5.74) is 7.49. The van der Waals surface area contributed by atoms with Crippen molar-refractivity contribution < 1.29 is 42.3 Å². The highest BCUT2D eigenvalue weighted by molar-refractivity contribution is 7.89. The summed E-state index contributed by atoms with van der Waals surface area (Å²) in [6, 6.07) is 18.9. The number of benzene rings is 3. The fourth-order valence-electron chi connectivity index (χ4n) is 3.71. The Hall–Kier alpha value is -5.28. The zero-order valence-corrected chi connectivity index (χ0v) is 24.4. The van der Waals surface area contributed by atoms with Gasteiger partial charge in [-0.1, -0.05) is 59.8 Å². The highest BCUT2D eigenvalue weighted by Crippen LogP contribution is 2.17. The summed E-state index contributed by atoms with van der Waals surface area (Å²) < 4.78 is 33.4. The summed E-state index contributed by atoms with van der Waals surface area (Å²) in [6.45, 7) is 1.19. The van der Waals surface area contributed by atoms with E-state index in [1.165, 1.54) is 30.3 Å². The molecule has 0 fully saturated rings. The number of sulfonamides is 1. The van der Waals surface area contributed by atoms with E-state index in [4.69, 9.17) is 10.5 Å². The molecule has 0 bridgehead atoms. The van der Waals surface area contributed by atoms with E-state index in [0.29, 0.717) is 11.1 Å². The summed E-state index contributed by atoms with van der Waals surface area (Å²) in [5, 5.41) is 18.2. The van der Waals surface area contributed by atoms with Gasteiger partial charge < -0.3 is 31.0 Å². The molecular weight excluding hydrogens is 594 g/mol. The SMILES string of the molecule is CC(=O)O/N=C(/N)c1cccc(C[C@H](NS(=O)(=O)c2cccc(NC(=O)CCNC(=O)OCc3ccccc3)c2)C(=O)O)c1. The standard InChI is InChI=1S/C29H31N5O9S/c1-19(35)43-33-27(30)22-10-5-9-21(15-22)16-25(28(37)38)34-44(40,41)24-12-6-11-23(17-24)32-26(36)13-14-31-29(39)42-18-20-7-3-2-4-8-20/h2-12,15,17,25,34H,13-14,16,18H2,1H3,(H2,30,33)(H,31,39)(H,32,36)(H,37,38)/t25-/m0/s1. The molecule has 232 valence electrons. The molecule has 0 unspecified atom stereocenters. The van der Waals surface area contributed by atoms with Crippen LogP contribution in [0.3, 0.4) is 0 Å². The van der Waals surface area contributed by atoms with Crippen LogP contribution in [0.5, 0.6) is 0 Å². The molecule has 0 aliphatic rings. The number of carbonyl (C=O) groups excluding carboxylic acids is 3. The number of nitrogens with two attached hydrogens (primary N) is 1. The quantitative estimate of drug-likeness (QED) is 0.0761. The summed E-state index contributed by atoms with van der Waals surface area (Å²) in [4.78, 5) is 51.4. The molecule has 3 aromatic carbocycles. The number of carboxylic acids is 1. The number of rotatable bonds is 14. The molecule has 0 aliphatic carbocycles. The molecule has 3 rings (SSSR count). The number of amides is 2. The maximum absolute atomic E-state index is 13.1. The lowest BCUT2D eigenvalue weighted by Crippen LogP contribution is -2.42. The van der Waals surface area contributed by atoms with Crippen LogP contribution >= 0.6 is 0 Å². The number of carbonyl (C=O) groups is 4. The predicted molar refractivity (Wildman–Crippen MR) is 159 cm³/mol. The Morgan fingerprint density at radius 3 is 2.36 bits per heavy atom. The second-order valence-electron chi connectivity index (χ2n) is 9.29. The molecule has 0 saturated heterocycles. The van der Waals surface area contributed by atoms with Crippen LogP contribution in [0, 0.1) is 0 Å². The van der Waals surface area contributed by atoms with Crippen LogP contribution in [0.15, 0.2) is 88.9 Å². The first-order valence-electron chi connectivity index (χ1n) is 13.1. The third kappa shape index (κ3) is 10.8. The van der Waals surface area contributed by atoms with E-state index in [1.54, 1.807) is 30.3 Å². The molecule has 15 heteroatoms. The average Bonchev–Trinajstić information content (AvgIpc) is 2.99. The number of hydrogen-bond donors (Lipinski definition) is 5. The van der Waals surface area contributed by atoms with E-state index in [9.17, 15) is 32.7 Å². The van der Waals surface area contributed by atoms with Crippen LogP contribution in [0.1, 0.15) is 30.0 Å². The lowest BCUT2D eigenvalue weighted by Gasteiger charge is -2.16. The largest absolute Gasteiger partial charge is 0.480 e. The van der Waals surface area contributed by atoms with Crippen molar-refractivity contribution in [3.8, 4) is 0 Å². The second kappa shape index (κ2) is 15.8. The van der Waals surface area contributed by atoms with Crippen LogP contribution in [0.4, 0.5) is 10.5 Å². The number of alkyl carbamates (subject to hydrolysis) is 1. The number of anilines is 1. The zero-order chi connectivity index (χ0) is 32.1. The molecule has 0 aromatic heterocycles. The molecule has 0 spiro atoms. The van der Waals surface area contributed by atoms with Gasteiger partial charge in [0.1, 0.15) is 12.6 Å². The van der Waals surface area contributed by atoms with Crippen molar-refractivity contribution in [1.29, 1.82) is 0 Å². The maximum Gasteiger partial charge on any atom is 0.407 e. The van der Waals surface area contributed by atoms with Crippen LogP contribution in [-0.4, -0.2) is 55.9 Å². The Balaban J connectivity index is 1.57. The maximum atomic E-state index is 13.1. The van der Waals surface area contributed by atoms with E-state index in [-0.39, 0.29) is 42.4 Å². The molecule has 44 heavy (non-hydrogen) atoms. The van der Waals surface area contributed by atoms with E-state index in [1.807, 2.05) is 18.2 Å². The molecule has 6 N–H and O–H groups in total. The number of nitrogens with one attached hydrogen (secondary N) is 3. The monoisotopic (exact) mass is 625 g/mol. The third-order valence-electron chi connectivity index (χ3n) is 5.79. The topological polar surface area (TPSA) is 216 Å². The second-order valence-corrected chi connectivity index (χ2v) is 11.0. The Labute approximate surface area is 253 Å². The molecule has 3 aromatic rings. The zero-order valence-electron chi connectivity index (χ0n) is 23.6. The van der Waals surface area contributed by atoms with E-state index in [2.05, 4.69) is 25.3 Å². The minimum absolute atomic E-state index is 0.0260. The number of carboxylic acid groups (broad SMARTS) is 1. The van der Waals surface area contributed by atoms with Gasteiger partial charge in [0.2, 0.25) is 15.9 Å². The van der Waals surface area contributed by atoms with E-state index in [0.717, 1.165) is 12.5 Å². The lowest BCUT2D eigenvalue weighted by atomic mass is 10.0. The number of oxime groups is 1. The molecule has 0 saturated carbocycles. The fraction of sp³-hybridized carbons (Fsp3) is 0.207. The summed E-state index contributed by atoms with van der Waals surface area (Å²) >= 11 is 0. The molecule has 0 aliphatic heterocycles. The van der Waals surface area contributed by atoms with E-state index >= 15 is 0 Å². The van der Waals surface area contributed by atoms with Gasteiger partial charge in [-0.15, -0.1) is 0 Å². The first kappa shape index (κ1) is 33.2. The number of ether oxygens (including phenoxy) is 1. The van der Waals surface area contributed by atoms with Crippen LogP contribution < -0.4 is 21.1 Å². The first-order valence-corrected chi connectivity index (χ1v) is 14.6. The summed E-state index contributed by atoms with van der Waals surface area (Å²) in [6.07, 6.45) is -1.06. The van der Waals surface area contributed by atoms with Gasteiger partial charge in [0.15, 0.2) is 5.84 Å². The van der Waals surface area contributed by atoms with Gasteiger partial charge in [-0.2, -0.15) is 4.72 Å². The van der Waals surface area contributed by atoms with E-state index < -0.39 is 40.0 Å². The summed E-state index contributed by atoms with van der Waals surface area (Å²) in [5.74, 6) is -2.75. The highest BCUT2D eigenvalue weighted by atomic mass is 32.2. The molecule has 0 radical (unpaired) electrons. The summed E-state index contributed by atoms with van der Waals surface area (Å²) in [7, 11) is -4.35.